The lowest BCUT2D eigenvalue weighted by molar-refractivity contribution is -0.143. The van der Waals surface area contributed by atoms with E-state index in [-0.39, 0.29) is 23.6 Å². The lowest BCUT2D eigenvalue weighted by atomic mass is 9.71. The predicted molar refractivity (Wildman–Crippen MR) is 139 cm³/mol. The molecule has 7 heteroatoms. The molecule has 0 saturated carbocycles. The van der Waals surface area contributed by atoms with Crippen molar-refractivity contribution in [2.75, 3.05) is 6.61 Å². The molecule has 0 bridgehead atoms. The largest absolute Gasteiger partial charge is 0.490 e. The second kappa shape index (κ2) is 11.0. The van der Waals surface area contributed by atoms with E-state index >= 15 is 0 Å². The van der Waals surface area contributed by atoms with Gasteiger partial charge in [0.05, 0.1) is 18.3 Å². The van der Waals surface area contributed by atoms with Gasteiger partial charge in [-0.25, -0.2) is 4.79 Å². The van der Waals surface area contributed by atoms with Gasteiger partial charge in [0.2, 0.25) is 0 Å². The SMILES string of the molecule is CCOc1cc([C@H]2C(C(=O)OC(C)C)=C(C)NC3=C2C(=O)C[C@@H](c2ccccc2)C3)ccc1OC(C)=O. The molecule has 7 nitrogen and oxygen atoms in total. The number of benzene rings is 2. The first-order valence-corrected chi connectivity index (χ1v) is 12.6. The third-order valence-corrected chi connectivity index (χ3v) is 6.52. The molecule has 0 radical (unpaired) electrons. The monoisotopic (exact) mass is 503 g/mol. The van der Waals surface area contributed by atoms with Crippen molar-refractivity contribution in [3.8, 4) is 11.5 Å². The van der Waals surface area contributed by atoms with Crippen LogP contribution in [0.1, 0.15) is 70.4 Å². The van der Waals surface area contributed by atoms with Crippen LogP contribution in [0.15, 0.2) is 71.1 Å². The Morgan fingerprint density at radius 2 is 1.76 bits per heavy atom. The van der Waals surface area contributed by atoms with Crippen molar-refractivity contribution in [2.45, 2.75) is 65.4 Å². The summed E-state index contributed by atoms with van der Waals surface area (Å²) < 4.78 is 16.7. The van der Waals surface area contributed by atoms with E-state index in [0.29, 0.717) is 47.6 Å². The van der Waals surface area contributed by atoms with Gasteiger partial charge in [0.15, 0.2) is 17.3 Å². The summed E-state index contributed by atoms with van der Waals surface area (Å²) >= 11 is 0. The van der Waals surface area contributed by atoms with Crippen molar-refractivity contribution in [3.05, 3.63) is 82.2 Å². The summed E-state index contributed by atoms with van der Waals surface area (Å²) in [5, 5.41) is 3.37. The quantitative estimate of drug-likeness (QED) is 0.404. The summed E-state index contributed by atoms with van der Waals surface area (Å²) in [4.78, 5) is 38.7. The average Bonchev–Trinajstić information content (AvgIpc) is 2.84. The van der Waals surface area contributed by atoms with E-state index in [0.717, 1.165) is 11.3 Å². The van der Waals surface area contributed by atoms with E-state index in [1.807, 2.05) is 44.2 Å². The molecular weight excluding hydrogens is 470 g/mol. The molecule has 1 aliphatic heterocycles. The molecule has 0 spiro atoms. The Hall–Kier alpha value is -3.87. The lowest BCUT2D eigenvalue weighted by Gasteiger charge is -2.37. The normalized spacial score (nSPS) is 19.4. The molecule has 4 rings (SSSR count). The maximum Gasteiger partial charge on any atom is 0.337 e. The van der Waals surface area contributed by atoms with Gasteiger partial charge in [0, 0.05) is 36.2 Å². The number of carbonyl (C=O) groups is 3. The fourth-order valence-electron chi connectivity index (χ4n) is 5.09. The number of dihydropyridines is 1. The van der Waals surface area contributed by atoms with E-state index < -0.39 is 17.9 Å². The first kappa shape index (κ1) is 26.2. The molecule has 2 aromatic rings. The third kappa shape index (κ3) is 5.61. The summed E-state index contributed by atoms with van der Waals surface area (Å²) in [6.45, 7) is 8.93. The fraction of sp³-hybridized carbons (Fsp3) is 0.367. The molecule has 1 N–H and O–H groups in total. The highest BCUT2D eigenvalue weighted by Gasteiger charge is 2.41. The van der Waals surface area contributed by atoms with Crippen LogP contribution in [0.4, 0.5) is 0 Å². The number of carbonyl (C=O) groups excluding carboxylic acids is 3. The molecule has 1 aliphatic carbocycles. The minimum absolute atomic E-state index is 0.0167. The van der Waals surface area contributed by atoms with E-state index in [9.17, 15) is 14.4 Å². The van der Waals surface area contributed by atoms with Gasteiger partial charge in [-0.3, -0.25) is 9.59 Å². The summed E-state index contributed by atoms with van der Waals surface area (Å²) in [5.74, 6) is -0.900. The molecule has 0 fully saturated rings. The number of ketones is 1. The van der Waals surface area contributed by atoms with Gasteiger partial charge < -0.3 is 19.5 Å². The third-order valence-electron chi connectivity index (χ3n) is 6.52. The van der Waals surface area contributed by atoms with Crippen LogP contribution in [-0.2, 0) is 19.1 Å². The van der Waals surface area contributed by atoms with E-state index in [4.69, 9.17) is 14.2 Å². The lowest BCUT2D eigenvalue weighted by Crippen LogP contribution is -2.36. The molecule has 2 aromatic carbocycles. The fourth-order valence-corrected chi connectivity index (χ4v) is 5.09. The van der Waals surface area contributed by atoms with Gasteiger partial charge in [-0.1, -0.05) is 36.4 Å². The zero-order chi connectivity index (χ0) is 26.7. The Morgan fingerprint density at radius 1 is 1.03 bits per heavy atom. The maximum atomic E-state index is 13.7. The number of hydrogen-bond donors (Lipinski definition) is 1. The molecule has 0 unspecified atom stereocenters. The number of Topliss-reactive ketones (excluding diaryl/α,β-unsaturated/α-hetero) is 1. The Labute approximate surface area is 217 Å². The van der Waals surface area contributed by atoms with Crippen molar-refractivity contribution in [3.63, 3.8) is 0 Å². The zero-order valence-corrected chi connectivity index (χ0v) is 21.9. The molecule has 2 atom stereocenters. The van der Waals surface area contributed by atoms with Crippen molar-refractivity contribution < 1.29 is 28.6 Å². The Bertz CT molecular complexity index is 1270. The van der Waals surface area contributed by atoms with Gasteiger partial charge in [-0.05, 0) is 63.3 Å². The second-order valence-electron chi connectivity index (χ2n) is 9.61. The average molecular weight is 504 g/mol. The number of rotatable bonds is 7. The Kier molecular flexibility index (Phi) is 7.81. The minimum Gasteiger partial charge on any atom is -0.490 e. The second-order valence-corrected chi connectivity index (χ2v) is 9.61. The topological polar surface area (TPSA) is 90.9 Å². The van der Waals surface area contributed by atoms with E-state index in [2.05, 4.69) is 5.32 Å². The molecule has 1 heterocycles. The maximum absolute atomic E-state index is 13.7. The number of hydrogen-bond acceptors (Lipinski definition) is 7. The standard InChI is InChI=1S/C30H33NO6/c1-6-35-26-16-21(12-13-25(26)37-19(5)32)28-27(30(34)36-17(2)3)18(4)31-23-14-22(15-24(33)29(23)28)20-10-8-7-9-11-20/h7-13,16-17,22,28,31H,6,14-15H2,1-5H3/t22-,28-/m0/s1. The van der Waals surface area contributed by atoms with E-state index in [1.54, 1.807) is 32.0 Å². The van der Waals surface area contributed by atoms with Gasteiger partial charge in [-0.2, -0.15) is 0 Å². The smallest absolute Gasteiger partial charge is 0.337 e. The van der Waals surface area contributed by atoms with Crippen LogP contribution in [0.5, 0.6) is 11.5 Å². The summed E-state index contributed by atoms with van der Waals surface area (Å²) in [6, 6.07) is 15.2. The van der Waals surface area contributed by atoms with Crippen LogP contribution >= 0.6 is 0 Å². The van der Waals surface area contributed by atoms with Crippen LogP contribution < -0.4 is 14.8 Å². The molecule has 37 heavy (non-hydrogen) atoms. The molecule has 0 amide bonds. The van der Waals surface area contributed by atoms with Crippen molar-refractivity contribution in [1.29, 1.82) is 0 Å². The van der Waals surface area contributed by atoms with E-state index in [1.165, 1.54) is 6.92 Å². The summed E-state index contributed by atoms with van der Waals surface area (Å²) in [5.41, 5.74) is 4.22. The first-order chi connectivity index (χ1) is 17.7. The number of ether oxygens (including phenoxy) is 3. The van der Waals surface area contributed by atoms with Crippen LogP contribution in [-0.4, -0.2) is 30.4 Å². The molecule has 0 saturated heterocycles. The molecular formula is C30H33NO6. The van der Waals surface area contributed by atoms with Crippen LogP contribution in [0, 0.1) is 0 Å². The minimum atomic E-state index is -0.641. The summed E-state index contributed by atoms with van der Waals surface area (Å²) in [6.07, 6.45) is 0.671. The first-order valence-electron chi connectivity index (χ1n) is 12.6. The Morgan fingerprint density at radius 3 is 2.41 bits per heavy atom. The van der Waals surface area contributed by atoms with Gasteiger partial charge in [0.25, 0.3) is 0 Å². The van der Waals surface area contributed by atoms with Crippen molar-refractivity contribution in [2.24, 2.45) is 0 Å². The van der Waals surface area contributed by atoms with Crippen molar-refractivity contribution in [1.82, 2.24) is 5.32 Å². The number of allylic oxidation sites excluding steroid dienone is 3. The number of nitrogens with one attached hydrogen (secondary N) is 1. The van der Waals surface area contributed by atoms with Gasteiger partial charge in [0.1, 0.15) is 0 Å². The highest BCUT2D eigenvalue weighted by molar-refractivity contribution is 6.04. The van der Waals surface area contributed by atoms with Gasteiger partial charge in [-0.15, -0.1) is 0 Å². The van der Waals surface area contributed by atoms with Crippen LogP contribution in [0.2, 0.25) is 0 Å². The molecule has 2 aliphatic rings. The van der Waals surface area contributed by atoms with Crippen molar-refractivity contribution >= 4 is 17.7 Å². The molecule has 0 aromatic heterocycles. The zero-order valence-electron chi connectivity index (χ0n) is 21.9. The van der Waals surface area contributed by atoms with Crippen LogP contribution in [0.3, 0.4) is 0 Å². The highest BCUT2D eigenvalue weighted by Crippen LogP contribution is 2.47. The highest BCUT2D eigenvalue weighted by atomic mass is 16.6. The molecule has 194 valence electrons. The number of esters is 2. The summed E-state index contributed by atoms with van der Waals surface area (Å²) in [7, 11) is 0. The van der Waals surface area contributed by atoms with Crippen LogP contribution in [0.25, 0.3) is 0 Å². The van der Waals surface area contributed by atoms with Gasteiger partial charge >= 0.3 is 11.9 Å². The Balaban J connectivity index is 1.83. The predicted octanol–water partition coefficient (Wildman–Crippen LogP) is 5.32.